The number of amidine groups is 1. The minimum Gasteiger partial charge on any atom is -0.420 e. The van der Waals surface area contributed by atoms with Gasteiger partial charge in [-0.2, -0.15) is 8.78 Å². The zero-order chi connectivity index (χ0) is 58.9. The lowest BCUT2D eigenvalue weighted by Gasteiger charge is -2.24. The third-order valence-corrected chi connectivity index (χ3v) is 12.8. The van der Waals surface area contributed by atoms with Crippen molar-refractivity contribution in [1.29, 1.82) is 0 Å². The van der Waals surface area contributed by atoms with Crippen molar-refractivity contribution < 1.29 is 88.8 Å². The molecule has 3 rings (SSSR count). The predicted molar refractivity (Wildman–Crippen MR) is 298 cm³/mol. The molecule has 81 heavy (non-hydrogen) atoms. The van der Waals surface area contributed by atoms with E-state index in [1.54, 1.807) is 11.3 Å². The second-order valence-electron chi connectivity index (χ2n) is 20.0. The number of amides is 2. The molecule has 0 radical (unpaired) electrons. The molecule has 0 bridgehead atoms. The van der Waals surface area contributed by atoms with Gasteiger partial charge in [-0.15, -0.1) is 11.3 Å². The van der Waals surface area contributed by atoms with Crippen LogP contribution in [0.1, 0.15) is 108 Å². The summed E-state index contributed by atoms with van der Waals surface area (Å²) in [7, 11) is 0. The van der Waals surface area contributed by atoms with E-state index in [9.17, 15) is 36.7 Å². The van der Waals surface area contributed by atoms with Gasteiger partial charge < -0.3 is 68.1 Å². The Morgan fingerprint density at radius 2 is 1.09 bits per heavy atom. The summed E-state index contributed by atoms with van der Waals surface area (Å²) in [4.78, 5) is 58.7. The van der Waals surface area contributed by atoms with Gasteiger partial charge in [-0.25, -0.2) is 13.8 Å². The maximum atomic E-state index is 13.7. The summed E-state index contributed by atoms with van der Waals surface area (Å²) in [6.45, 7) is 16.8. The van der Waals surface area contributed by atoms with Crippen LogP contribution in [0, 0.1) is 28.7 Å². The Morgan fingerprint density at radius 1 is 0.617 bits per heavy atom. The minimum atomic E-state index is -1.80. The average Bonchev–Trinajstić information content (AvgIpc) is 3.75. The molecule has 0 aliphatic carbocycles. The highest BCUT2D eigenvalue weighted by molar-refractivity contribution is 7.13. The van der Waals surface area contributed by atoms with Gasteiger partial charge in [-0.1, -0.05) is 40.5 Å². The largest absolute Gasteiger partial charge is 0.420 e. The number of hydrogen-bond acceptors (Lipinski definition) is 18. The van der Waals surface area contributed by atoms with Gasteiger partial charge in [-0.05, 0) is 49.7 Å². The van der Waals surface area contributed by atoms with Gasteiger partial charge >= 0.3 is 5.97 Å². The van der Waals surface area contributed by atoms with Crippen molar-refractivity contribution in [3.05, 3.63) is 50.7 Å². The van der Waals surface area contributed by atoms with Crippen LogP contribution >= 0.6 is 11.3 Å². The molecule has 1 aromatic carbocycles. The molecule has 0 spiro atoms. The first-order valence-corrected chi connectivity index (χ1v) is 28.9. The van der Waals surface area contributed by atoms with Crippen molar-refractivity contribution in [2.75, 3.05) is 152 Å². The fraction of sp³-hybridized carbons (Fsp3) is 0.702. The number of carbonyl (C=O) groups excluding carboxylic acids is 4. The number of benzene rings is 1. The van der Waals surface area contributed by atoms with Gasteiger partial charge in [0.05, 0.1) is 149 Å². The van der Waals surface area contributed by atoms with Gasteiger partial charge in [0.1, 0.15) is 11.6 Å². The standard InChI is InChI=1S/C57H88F4N4O15S/c1-5-16-65(17-10-15-63-51(67)42-57(2,3)4)56(69)43-38-49-48(64-50(62)39-43)40-45(81-49)12-9-7-6-8-11-44(66)13-18-70-20-22-72-24-26-74-28-30-76-32-34-78-36-37-79-35-33-77-31-29-75-27-25-73-23-21-71-19-14-52(68)80-55-53(60)46(58)41-47(59)54(55)61/h38,40-41H,5-37,39,42H2,1-4H3,(H2,62,64)(H,63,67). The molecule has 460 valence electrons. The lowest BCUT2D eigenvalue weighted by molar-refractivity contribution is -0.136. The van der Waals surface area contributed by atoms with Crippen LogP contribution in [0.15, 0.2) is 22.7 Å². The highest BCUT2D eigenvalue weighted by atomic mass is 32.1. The number of rotatable bonds is 49. The third kappa shape index (κ3) is 33.4. The lowest BCUT2D eigenvalue weighted by atomic mass is 9.92. The number of esters is 1. The highest BCUT2D eigenvalue weighted by Gasteiger charge is 2.25. The molecule has 0 saturated heterocycles. The van der Waals surface area contributed by atoms with E-state index in [0.717, 1.165) is 49.1 Å². The molecule has 1 aliphatic rings. The lowest BCUT2D eigenvalue weighted by Crippen LogP contribution is -2.36. The molecular weight excluding hydrogens is 1090 g/mol. The van der Waals surface area contributed by atoms with Gasteiger partial charge in [0, 0.05) is 61.8 Å². The molecule has 0 fully saturated rings. The molecule has 3 N–H and O–H groups in total. The molecule has 2 heterocycles. The van der Waals surface area contributed by atoms with Crippen molar-refractivity contribution in [3.8, 4) is 5.75 Å². The number of halogens is 4. The normalized spacial score (nSPS) is 12.5. The van der Waals surface area contributed by atoms with Crippen LogP contribution in [0.3, 0.4) is 0 Å². The van der Waals surface area contributed by atoms with Gasteiger partial charge in [0.15, 0.2) is 11.6 Å². The number of fused-ring (bicyclic) bond motifs is 1. The number of thiophene rings is 1. The van der Waals surface area contributed by atoms with Gasteiger partial charge in [-0.3, -0.25) is 19.2 Å². The molecule has 2 amide bonds. The van der Waals surface area contributed by atoms with E-state index >= 15 is 0 Å². The van der Waals surface area contributed by atoms with Crippen LogP contribution in [0.25, 0.3) is 6.08 Å². The Hall–Kier alpha value is -4.47. The maximum absolute atomic E-state index is 13.7. The zero-order valence-corrected chi connectivity index (χ0v) is 48.8. The number of nitrogens with two attached hydrogens (primary N) is 1. The Kier molecular flexibility index (Phi) is 37.8. The maximum Gasteiger partial charge on any atom is 0.313 e. The van der Waals surface area contributed by atoms with Crippen molar-refractivity contribution in [1.82, 2.24) is 10.2 Å². The Bertz CT molecular complexity index is 2150. The number of unbranched alkanes of at least 4 members (excludes halogenated alkanes) is 3. The Morgan fingerprint density at radius 3 is 1.57 bits per heavy atom. The molecule has 0 saturated carbocycles. The summed E-state index contributed by atoms with van der Waals surface area (Å²) in [5, 5.41) is 2.98. The van der Waals surface area contributed by atoms with Crippen LogP contribution in [-0.2, 0) is 73.0 Å². The summed E-state index contributed by atoms with van der Waals surface area (Å²) in [5.74, 6) is -8.92. The third-order valence-electron chi connectivity index (χ3n) is 11.6. The molecule has 1 aromatic heterocycles. The van der Waals surface area contributed by atoms with Crippen LogP contribution in [0.2, 0.25) is 0 Å². The topological polar surface area (TPSA) is 223 Å². The Balaban J connectivity index is 1.02. The predicted octanol–water partition coefficient (Wildman–Crippen LogP) is 7.88. The average molecular weight is 1180 g/mol. The smallest absolute Gasteiger partial charge is 0.313 e. The van der Waals surface area contributed by atoms with Crippen molar-refractivity contribution in [2.45, 2.75) is 105 Å². The Labute approximate surface area is 479 Å². The quantitative estimate of drug-likeness (QED) is 0.0211. The van der Waals surface area contributed by atoms with Crippen LogP contribution in [0.4, 0.5) is 23.2 Å². The fourth-order valence-corrected chi connectivity index (χ4v) is 8.76. The number of Topliss-reactive ketones (excluding diaryl/α,β-unsaturated/α-hetero) is 1. The van der Waals surface area contributed by atoms with E-state index < -0.39 is 41.4 Å². The van der Waals surface area contributed by atoms with E-state index in [0.29, 0.717) is 169 Å². The summed E-state index contributed by atoms with van der Waals surface area (Å²) in [6, 6.07) is 2.09. The van der Waals surface area contributed by atoms with Gasteiger partial charge in [0.25, 0.3) is 0 Å². The SMILES string of the molecule is CCCN(CCCNC(=O)CC(C)(C)C)C(=O)C1=Cc2sc(CCCCCCC(=O)CCOCCOCCOCCOCCOCCOCCOCCOCCOCCOCCC(=O)Oc3c(F)c(F)cc(F)c3F)cc2N=C(N)C1. The van der Waals surface area contributed by atoms with Crippen LogP contribution in [0.5, 0.6) is 5.75 Å². The summed E-state index contributed by atoms with van der Waals surface area (Å²) in [6.07, 6.45) is 9.45. The van der Waals surface area contributed by atoms with Crippen molar-refractivity contribution in [2.24, 2.45) is 16.1 Å². The molecule has 19 nitrogen and oxygen atoms in total. The van der Waals surface area contributed by atoms with E-state index in [1.165, 1.54) is 4.88 Å². The van der Waals surface area contributed by atoms with Crippen molar-refractivity contribution >= 4 is 52.5 Å². The number of ketones is 1. The number of nitrogens with one attached hydrogen (secondary N) is 1. The minimum absolute atomic E-state index is 0.0158. The van der Waals surface area contributed by atoms with E-state index in [1.807, 2.05) is 38.7 Å². The number of aryl methyl sites for hydroxylation is 1. The second kappa shape index (κ2) is 43.2. The number of hydrogen-bond donors (Lipinski definition) is 2. The first kappa shape index (κ1) is 70.8. The molecule has 0 unspecified atom stereocenters. The van der Waals surface area contributed by atoms with E-state index in [-0.39, 0.29) is 55.5 Å². The second-order valence-corrected chi connectivity index (χ2v) is 21.2. The first-order chi connectivity index (χ1) is 39.1. The van der Waals surface area contributed by atoms with E-state index in [2.05, 4.69) is 21.1 Å². The van der Waals surface area contributed by atoms with Gasteiger partial charge in [0.2, 0.25) is 29.2 Å². The first-order valence-electron chi connectivity index (χ1n) is 28.1. The number of carbonyl (C=O) groups is 4. The molecule has 2 aromatic rings. The summed E-state index contributed by atoms with van der Waals surface area (Å²) < 4.78 is 113. The number of aliphatic imine (C=N–C) groups is 1. The number of nitrogens with zero attached hydrogens (tertiary/aromatic N) is 2. The van der Waals surface area contributed by atoms with Crippen molar-refractivity contribution in [3.63, 3.8) is 0 Å². The number of ether oxygens (including phenoxy) is 11. The van der Waals surface area contributed by atoms with Crippen LogP contribution in [-0.4, -0.2) is 186 Å². The summed E-state index contributed by atoms with van der Waals surface area (Å²) in [5.41, 5.74) is 7.66. The van der Waals surface area contributed by atoms with Crippen LogP contribution < -0.4 is 15.8 Å². The molecular formula is C57H88F4N4O15S. The monoisotopic (exact) mass is 1180 g/mol. The zero-order valence-electron chi connectivity index (χ0n) is 48.0. The molecule has 1 aliphatic heterocycles. The van der Waals surface area contributed by atoms with E-state index in [4.69, 9.17) is 53.1 Å². The molecule has 0 atom stereocenters. The summed E-state index contributed by atoms with van der Waals surface area (Å²) >= 11 is 1.65. The highest BCUT2D eigenvalue weighted by Crippen LogP contribution is 2.36. The molecule has 24 heteroatoms. The fourth-order valence-electron chi connectivity index (χ4n) is 7.65.